The largest absolute Gasteiger partial charge is 0.356 e. The summed E-state index contributed by atoms with van der Waals surface area (Å²) in [6.45, 7) is 5.56. The van der Waals surface area contributed by atoms with Gasteiger partial charge in [0, 0.05) is 25.6 Å². The lowest BCUT2D eigenvalue weighted by molar-refractivity contribution is -0.124. The van der Waals surface area contributed by atoms with Crippen LogP contribution in [-0.2, 0) is 14.8 Å². The SMILES string of the molecule is CC(C)C(=O)NCCC1CCN(S(C)(=O)=O)C1. The first-order valence-corrected chi connectivity index (χ1v) is 7.88. The fourth-order valence-electron chi connectivity index (χ4n) is 1.94. The molecule has 0 aromatic heterocycles. The molecular weight excluding hydrogens is 240 g/mol. The molecule has 0 bridgehead atoms. The Labute approximate surface area is 104 Å². The Hall–Kier alpha value is -0.620. The highest BCUT2D eigenvalue weighted by molar-refractivity contribution is 7.88. The summed E-state index contributed by atoms with van der Waals surface area (Å²) in [7, 11) is -3.04. The number of sulfonamides is 1. The van der Waals surface area contributed by atoms with Crippen LogP contribution in [0.25, 0.3) is 0 Å². The van der Waals surface area contributed by atoms with Crippen LogP contribution in [0.1, 0.15) is 26.7 Å². The summed E-state index contributed by atoms with van der Waals surface area (Å²) < 4.78 is 24.1. The van der Waals surface area contributed by atoms with E-state index in [1.165, 1.54) is 10.6 Å². The monoisotopic (exact) mass is 262 g/mol. The third kappa shape index (κ3) is 4.63. The minimum Gasteiger partial charge on any atom is -0.356 e. The van der Waals surface area contributed by atoms with Crippen molar-refractivity contribution < 1.29 is 13.2 Å². The summed E-state index contributed by atoms with van der Waals surface area (Å²) in [4.78, 5) is 11.3. The van der Waals surface area contributed by atoms with E-state index in [1.54, 1.807) is 0 Å². The Morgan fingerprint density at radius 1 is 1.47 bits per heavy atom. The molecule has 0 saturated carbocycles. The van der Waals surface area contributed by atoms with Gasteiger partial charge in [0.1, 0.15) is 0 Å². The molecule has 1 atom stereocenters. The molecule has 17 heavy (non-hydrogen) atoms. The molecule has 100 valence electrons. The van der Waals surface area contributed by atoms with Gasteiger partial charge in [0.15, 0.2) is 0 Å². The van der Waals surface area contributed by atoms with Crippen molar-refractivity contribution in [2.75, 3.05) is 25.9 Å². The Kier molecular flexibility index (Phi) is 4.94. The van der Waals surface area contributed by atoms with Crippen LogP contribution in [-0.4, -0.2) is 44.5 Å². The number of nitrogens with one attached hydrogen (secondary N) is 1. The molecule has 1 unspecified atom stereocenters. The second-order valence-corrected chi connectivity index (χ2v) is 6.99. The van der Waals surface area contributed by atoms with E-state index in [0.717, 1.165) is 12.8 Å². The highest BCUT2D eigenvalue weighted by atomic mass is 32.2. The molecular formula is C11H22N2O3S. The molecule has 6 heteroatoms. The van der Waals surface area contributed by atoms with Crippen LogP contribution in [0.3, 0.4) is 0 Å². The summed E-state index contributed by atoms with van der Waals surface area (Å²) in [5, 5.41) is 2.86. The van der Waals surface area contributed by atoms with Gasteiger partial charge < -0.3 is 5.32 Å². The van der Waals surface area contributed by atoms with E-state index in [0.29, 0.717) is 25.6 Å². The minimum atomic E-state index is -3.04. The Morgan fingerprint density at radius 3 is 2.59 bits per heavy atom. The second-order valence-electron chi connectivity index (χ2n) is 5.01. The van der Waals surface area contributed by atoms with E-state index in [4.69, 9.17) is 0 Å². The maximum atomic E-state index is 11.3. The summed E-state index contributed by atoms with van der Waals surface area (Å²) in [6.07, 6.45) is 2.99. The van der Waals surface area contributed by atoms with Crippen LogP contribution in [0.15, 0.2) is 0 Å². The smallest absolute Gasteiger partial charge is 0.222 e. The van der Waals surface area contributed by atoms with E-state index in [-0.39, 0.29) is 11.8 Å². The number of hydrogen-bond acceptors (Lipinski definition) is 3. The van der Waals surface area contributed by atoms with Gasteiger partial charge in [-0.2, -0.15) is 0 Å². The first-order valence-electron chi connectivity index (χ1n) is 6.03. The van der Waals surface area contributed by atoms with E-state index < -0.39 is 10.0 Å². The molecule has 1 aliphatic heterocycles. The lowest BCUT2D eigenvalue weighted by Crippen LogP contribution is -2.31. The van der Waals surface area contributed by atoms with Gasteiger partial charge in [-0.3, -0.25) is 4.79 Å². The summed E-state index contributed by atoms with van der Waals surface area (Å²) in [5.74, 6) is 0.436. The molecule has 0 aromatic carbocycles. The first kappa shape index (κ1) is 14.4. The average molecular weight is 262 g/mol. The summed E-state index contributed by atoms with van der Waals surface area (Å²) in [6, 6.07) is 0. The lowest BCUT2D eigenvalue weighted by atomic mass is 10.1. The van der Waals surface area contributed by atoms with Gasteiger partial charge in [-0.1, -0.05) is 13.8 Å². The van der Waals surface area contributed by atoms with Gasteiger partial charge in [-0.25, -0.2) is 12.7 Å². The average Bonchev–Trinajstić information content (AvgIpc) is 2.65. The second kappa shape index (κ2) is 5.82. The van der Waals surface area contributed by atoms with Gasteiger partial charge in [0.2, 0.25) is 15.9 Å². The van der Waals surface area contributed by atoms with E-state index in [9.17, 15) is 13.2 Å². The van der Waals surface area contributed by atoms with Crippen molar-refractivity contribution in [1.82, 2.24) is 9.62 Å². The van der Waals surface area contributed by atoms with Gasteiger partial charge in [0.05, 0.1) is 6.26 Å². The van der Waals surface area contributed by atoms with E-state index >= 15 is 0 Å². The number of hydrogen-bond donors (Lipinski definition) is 1. The van der Waals surface area contributed by atoms with Crippen LogP contribution < -0.4 is 5.32 Å². The number of rotatable bonds is 5. The van der Waals surface area contributed by atoms with Gasteiger partial charge in [0.25, 0.3) is 0 Å². The number of carbonyl (C=O) groups excluding carboxylic acids is 1. The fraction of sp³-hybridized carbons (Fsp3) is 0.909. The standard InChI is InChI=1S/C11H22N2O3S/c1-9(2)11(14)12-6-4-10-5-7-13(8-10)17(3,15)16/h9-10H,4-8H2,1-3H3,(H,12,14). The van der Waals surface area contributed by atoms with Crippen molar-refractivity contribution in [2.45, 2.75) is 26.7 Å². The topological polar surface area (TPSA) is 66.5 Å². The zero-order chi connectivity index (χ0) is 13.1. The third-order valence-corrected chi connectivity index (χ3v) is 4.36. The Morgan fingerprint density at radius 2 is 2.12 bits per heavy atom. The highest BCUT2D eigenvalue weighted by Gasteiger charge is 2.28. The molecule has 0 radical (unpaired) electrons. The molecule has 1 rings (SSSR count). The zero-order valence-corrected chi connectivity index (χ0v) is 11.6. The molecule has 1 fully saturated rings. The summed E-state index contributed by atoms with van der Waals surface area (Å²) >= 11 is 0. The van der Waals surface area contributed by atoms with Crippen molar-refractivity contribution in [3.05, 3.63) is 0 Å². The molecule has 1 N–H and O–H groups in total. The quantitative estimate of drug-likeness (QED) is 0.781. The Balaban J connectivity index is 2.25. The van der Waals surface area contributed by atoms with Gasteiger partial charge >= 0.3 is 0 Å². The zero-order valence-electron chi connectivity index (χ0n) is 10.8. The fourth-order valence-corrected chi connectivity index (χ4v) is 2.86. The maximum Gasteiger partial charge on any atom is 0.222 e. The molecule has 0 aromatic rings. The van der Waals surface area contributed by atoms with E-state index in [1.807, 2.05) is 13.8 Å². The third-order valence-electron chi connectivity index (χ3n) is 3.09. The van der Waals surface area contributed by atoms with Crippen molar-refractivity contribution in [1.29, 1.82) is 0 Å². The molecule has 1 amide bonds. The van der Waals surface area contributed by atoms with Crippen LogP contribution in [0.5, 0.6) is 0 Å². The predicted molar refractivity (Wildman–Crippen MR) is 67.0 cm³/mol. The van der Waals surface area contributed by atoms with Crippen LogP contribution >= 0.6 is 0 Å². The van der Waals surface area contributed by atoms with E-state index in [2.05, 4.69) is 5.32 Å². The first-order chi connectivity index (χ1) is 7.80. The van der Waals surface area contributed by atoms with Crippen LogP contribution in [0, 0.1) is 11.8 Å². The molecule has 1 aliphatic rings. The lowest BCUT2D eigenvalue weighted by Gasteiger charge is -2.14. The van der Waals surface area contributed by atoms with Crippen LogP contribution in [0.2, 0.25) is 0 Å². The molecule has 1 saturated heterocycles. The van der Waals surface area contributed by atoms with Crippen molar-refractivity contribution in [3.8, 4) is 0 Å². The number of carbonyl (C=O) groups is 1. The highest BCUT2D eigenvalue weighted by Crippen LogP contribution is 2.21. The van der Waals surface area contributed by atoms with Crippen molar-refractivity contribution in [2.24, 2.45) is 11.8 Å². The Bertz CT molecular complexity index is 365. The molecule has 5 nitrogen and oxygen atoms in total. The van der Waals surface area contributed by atoms with Gasteiger partial charge in [-0.05, 0) is 18.8 Å². The number of nitrogens with zero attached hydrogens (tertiary/aromatic N) is 1. The molecule has 1 heterocycles. The molecule has 0 aliphatic carbocycles. The maximum absolute atomic E-state index is 11.3. The summed E-state index contributed by atoms with van der Waals surface area (Å²) in [5.41, 5.74) is 0. The van der Waals surface area contributed by atoms with Crippen molar-refractivity contribution in [3.63, 3.8) is 0 Å². The number of amides is 1. The van der Waals surface area contributed by atoms with Crippen molar-refractivity contribution >= 4 is 15.9 Å². The normalized spacial score (nSPS) is 22.0. The predicted octanol–water partition coefficient (Wildman–Crippen LogP) is 0.430. The van der Waals surface area contributed by atoms with Crippen LogP contribution in [0.4, 0.5) is 0 Å². The van der Waals surface area contributed by atoms with Gasteiger partial charge in [-0.15, -0.1) is 0 Å². The molecule has 0 spiro atoms. The minimum absolute atomic E-state index is 0.00564.